The predicted octanol–water partition coefficient (Wildman–Crippen LogP) is 21.7. The number of carboxylic acid groups (broad SMARTS) is 4. The lowest BCUT2D eigenvalue weighted by atomic mass is 9.99. The minimum Gasteiger partial charge on any atom is -0.497 e. The van der Waals surface area contributed by atoms with Crippen molar-refractivity contribution in [3.05, 3.63) is 353 Å². The van der Waals surface area contributed by atoms with E-state index in [-0.39, 0.29) is 60.2 Å². The maximum absolute atomic E-state index is 13.2. The molecule has 5 aliphatic heterocycles. The number of hydrogen-bond acceptors (Lipinski definition) is 15. The van der Waals surface area contributed by atoms with Gasteiger partial charge in [0.15, 0.2) is 5.78 Å². The summed E-state index contributed by atoms with van der Waals surface area (Å²) in [5.74, 6) is -5.62. The number of halogens is 3. The molecule has 4 N–H and O–H groups in total. The molecule has 0 bridgehead atoms. The third-order valence-corrected chi connectivity index (χ3v) is 25.2. The van der Waals surface area contributed by atoms with Crippen molar-refractivity contribution in [3.63, 3.8) is 0 Å². The molecule has 138 heavy (non-hydrogen) atoms. The van der Waals surface area contributed by atoms with Crippen LogP contribution in [0.15, 0.2) is 237 Å². The summed E-state index contributed by atoms with van der Waals surface area (Å²) in [4.78, 5) is 142. The molecule has 1 aliphatic carbocycles. The first kappa shape index (κ1) is 101. The highest BCUT2D eigenvalue weighted by atomic mass is 19.4. The zero-order valence-corrected chi connectivity index (χ0v) is 79.0. The number of nitrogens with zero attached hydrogens (tertiary/aromatic N) is 5. The number of hydrogen-bond donors (Lipinski definition) is 4. The average Bonchev–Trinajstić information content (AvgIpc) is 1.62. The highest BCUT2D eigenvalue weighted by Gasteiger charge is 2.37. The van der Waals surface area contributed by atoms with Gasteiger partial charge in [0.05, 0.1) is 88.7 Å². The number of esters is 1. The lowest BCUT2D eigenvalue weighted by molar-refractivity contribution is -0.156. The van der Waals surface area contributed by atoms with Gasteiger partial charge in [0.2, 0.25) is 0 Å². The standard InChI is InChI=1S/C30H31NO5.C21H23NO4.C20H18F3NO3.C20H21NO4.C20H19NO3/c1-19(29(34)36-30(2,3)4)21-8-12-24(13-9-21)31-18-23-7-6-20(16-26(23)28(31)33)17-27(32)22-10-14-25(35-5)15-11-22;1-13(2)26-12-15-4-5-17-11-22(20(23)19(17)10-15)18-8-6-16(7-9-18)14(3)21(24)25;1-12(19(26)27)14-4-6-16(7-5-14)24-11-15-3-2-13(8-9-20(21,22)23)10-17(15)18(24)25;1-3-25-12-14-4-5-16-11-21(19(22)18(16)10-14)17-8-6-15(7-9-17)13(2)20(23)24;1-12(20(23)24)13-6-8-17(9-7-13)21-11-16-5-4-15(14-2-3-14)10-18(16)19(21)22/h6-16,19H,17-18H2,1-5H3;4-10,13-14H,11-12H2,1-3H3,(H,24,25);2-7,10,12H,8-9,11H2,1H3,(H,26,27);4-10,13H,3,11-12H2,1-2H3,(H,23,24);4-10,12,14H,2-3,11H2,1H3,(H,23,24). The molecule has 5 heterocycles. The van der Waals surface area contributed by atoms with Crippen molar-refractivity contribution in [2.45, 2.75) is 208 Å². The first-order chi connectivity index (χ1) is 65.6. The van der Waals surface area contributed by atoms with E-state index < -0.39 is 71.7 Å². The second kappa shape index (κ2) is 43.5. The van der Waals surface area contributed by atoms with Gasteiger partial charge in [0.1, 0.15) is 11.4 Å². The van der Waals surface area contributed by atoms with Gasteiger partial charge in [-0.05, 0) is 300 Å². The average molecular weight is 1880 g/mol. The zero-order chi connectivity index (χ0) is 99.5. The minimum absolute atomic E-state index is 0.0189. The van der Waals surface area contributed by atoms with Crippen LogP contribution >= 0.6 is 0 Å². The van der Waals surface area contributed by atoms with Crippen molar-refractivity contribution in [1.82, 2.24) is 0 Å². The van der Waals surface area contributed by atoms with Gasteiger partial charge in [-0.25, -0.2) is 0 Å². The normalized spacial score (nSPS) is 15.0. The number of carbonyl (C=O) groups is 11. The van der Waals surface area contributed by atoms with Crippen LogP contribution in [0.4, 0.5) is 41.6 Å². The number of rotatable bonds is 28. The molecule has 6 aliphatic rings. The fourth-order valence-corrected chi connectivity index (χ4v) is 16.5. The van der Waals surface area contributed by atoms with Crippen molar-refractivity contribution in [1.29, 1.82) is 0 Å². The lowest BCUT2D eigenvalue weighted by Crippen LogP contribution is -2.27. The van der Waals surface area contributed by atoms with Crippen molar-refractivity contribution in [3.8, 4) is 5.75 Å². The van der Waals surface area contributed by atoms with Crippen molar-refractivity contribution in [2.75, 3.05) is 38.2 Å². The van der Waals surface area contributed by atoms with Gasteiger partial charge in [-0.15, -0.1) is 0 Å². The van der Waals surface area contributed by atoms with E-state index in [0.717, 1.165) is 95.1 Å². The molecule has 24 nitrogen and oxygen atoms in total. The summed E-state index contributed by atoms with van der Waals surface area (Å²) < 4.78 is 58.9. The van der Waals surface area contributed by atoms with Crippen LogP contribution in [0.3, 0.4) is 0 Å². The number of methoxy groups -OCH3 is 1. The van der Waals surface area contributed by atoms with Crippen molar-refractivity contribution < 1.29 is 105 Å². The van der Waals surface area contributed by atoms with Crippen LogP contribution < -0.4 is 29.2 Å². The highest BCUT2D eigenvalue weighted by Crippen LogP contribution is 2.43. The maximum Gasteiger partial charge on any atom is 0.389 e. The van der Waals surface area contributed by atoms with Crippen molar-refractivity contribution >= 4 is 93.6 Å². The van der Waals surface area contributed by atoms with E-state index in [1.165, 1.54) is 29.4 Å². The molecule has 5 amide bonds. The molecule has 5 unspecified atom stereocenters. The Kier molecular flexibility index (Phi) is 31.8. The van der Waals surface area contributed by atoms with Gasteiger partial charge < -0.3 is 63.9 Å². The molecular weight excluding hydrogens is 1760 g/mol. The van der Waals surface area contributed by atoms with Crippen LogP contribution in [0.1, 0.15) is 277 Å². The summed E-state index contributed by atoms with van der Waals surface area (Å²) in [6, 6.07) is 71.2. The molecular formula is C111H112F3N5O19. The number of ether oxygens (including phenoxy) is 4. The third kappa shape index (κ3) is 24.6. The summed E-state index contributed by atoms with van der Waals surface area (Å²) in [7, 11) is 1.58. The number of carbonyl (C=O) groups excluding carboxylic acids is 7. The summed E-state index contributed by atoms with van der Waals surface area (Å²) in [5.41, 5.74) is 19.9. The maximum atomic E-state index is 13.2. The van der Waals surface area contributed by atoms with Gasteiger partial charge in [0, 0.05) is 81.3 Å². The number of aryl methyl sites for hydroxylation is 1. The van der Waals surface area contributed by atoms with Crippen LogP contribution in [-0.2, 0) is 97.0 Å². The Hall–Kier alpha value is -14.7. The predicted molar refractivity (Wildman–Crippen MR) is 518 cm³/mol. The smallest absolute Gasteiger partial charge is 0.389 e. The Morgan fingerprint density at radius 1 is 0.384 bits per heavy atom. The molecule has 0 aromatic heterocycles. The van der Waals surface area contributed by atoms with E-state index >= 15 is 0 Å². The van der Waals surface area contributed by atoms with Gasteiger partial charge in [-0.1, -0.05) is 121 Å². The number of fused-ring (bicyclic) bond motifs is 5. The Morgan fingerprint density at radius 2 is 0.688 bits per heavy atom. The Morgan fingerprint density at radius 3 is 1.00 bits per heavy atom. The summed E-state index contributed by atoms with van der Waals surface area (Å²) in [6.45, 7) is 23.8. The molecule has 0 spiro atoms. The van der Waals surface area contributed by atoms with Gasteiger partial charge >= 0.3 is 36.0 Å². The van der Waals surface area contributed by atoms with E-state index in [9.17, 15) is 65.9 Å². The molecule has 17 rings (SSSR count). The van der Waals surface area contributed by atoms with Crippen LogP contribution in [0.2, 0.25) is 0 Å². The fraction of sp³-hybridized carbons (Fsp3) is 0.306. The van der Waals surface area contributed by atoms with Gasteiger partial charge in [-0.3, -0.25) is 52.7 Å². The Bertz CT molecular complexity index is 6390. The monoisotopic (exact) mass is 1880 g/mol. The molecule has 0 saturated heterocycles. The number of anilines is 5. The molecule has 27 heteroatoms. The highest BCUT2D eigenvalue weighted by molar-refractivity contribution is 6.14. The number of carboxylic acids is 4. The Balaban J connectivity index is 0.000000147. The summed E-state index contributed by atoms with van der Waals surface area (Å²) in [6.07, 6.45) is -2.52. The molecule has 1 fully saturated rings. The van der Waals surface area contributed by atoms with Gasteiger partial charge in [-0.2, -0.15) is 13.2 Å². The second-order valence-electron chi connectivity index (χ2n) is 36.5. The minimum atomic E-state index is -4.23. The van der Waals surface area contributed by atoms with E-state index in [1.807, 2.05) is 139 Å². The Labute approximate surface area is 799 Å². The third-order valence-electron chi connectivity index (χ3n) is 25.2. The number of Topliss-reactive ketones (excluding diaryl/α,β-unsaturated/α-hetero) is 1. The quantitative estimate of drug-likeness (QED) is 0.0261. The molecule has 1 saturated carbocycles. The van der Waals surface area contributed by atoms with Crippen LogP contribution in [0.5, 0.6) is 5.75 Å². The number of ketones is 1. The molecule has 5 atom stereocenters. The second-order valence-corrected chi connectivity index (χ2v) is 36.5. The van der Waals surface area contributed by atoms with Crippen LogP contribution in [0.25, 0.3) is 0 Å². The van der Waals surface area contributed by atoms with E-state index in [2.05, 4.69) is 18.2 Å². The van der Waals surface area contributed by atoms with E-state index in [4.69, 9.17) is 39.4 Å². The number of benzene rings is 11. The number of alkyl halides is 3. The molecule has 11 aromatic rings. The molecule has 11 aromatic carbocycles. The van der Waals surface area contributed by atoms with E-state index in [1.54, 1.807) is 176 Å². The molecule has 0 radical (unpaired) electrons. The molecule has 716 valence electrons. The van der Waals surface area contributed by atoms with E-state index in [0.29, 0.717) is 109 Å². The van der Waals surface area contributed by atoms with Crippen LogP contribution in [0, 0.1) is 0 Å². The zero-order valence-electron chi connectivity index (χ0n) is 79.0. The van der Waals surface area contributed by atoms with Crippen molar-refractivity contribution in [2.24, 2.45) is 0 Å². The fourth-order valence-electron chi connectivity index (χ4n) is 16.5. The number of aliphatic carboxylic acids is 4. The SMILES string of the molecule is CC(C(=O)O)c1ccc(N2Cc3ccc(C4CC4)cc3C2=O)cc1.CC(C(=O)O)c1ccc(N2Cc3ccc(CCC(F)(F)F)cc3C2=O)cc1.CC(C)OCc1ccc2c(c1)C(=O)N(c1ccc(C(C)C(=O)O)cc1)C2.CCOCc1ccc2c(c1)C(=O)N(c1ccc(C(C)C(=O)O)cc1)C2.COc1ccc(C(=O)Cc2ccc3c(c2)C(=O)N(c2ccc(C(C)C(=O)OC(C)(C)C)cc2)C3)cc1. The van der Waals surface area contributed by atoms with Gasteiger partial charge in [0.25, 0.3) is 29.5 Å². The number of amides is 5. The first-order valence-corrected chi connectivity index (χ1v) is 45.9. The first-order valence-electron chi connectivity index (χ1n) is 45.9. The summed E-state index contributed by atoms with van der Waals surface area (Å²) >= 11 is 0. The summed E-state index contributed by atoms with van der Waals surface area (Å²) in [5, 5.41) is 36.3. The topological polar surface area (TPSA) is 322 Å². The lowest BCUT2D eigenvalue weighted by Gasteiger charge is -2.23. The van der Waals surface area contributed by atoms with Crippen LogP contribution in [-0.4, -0.2) is 117 Å². The largest absolute Gasteiger partial charge is 0.497 e.